The number of phenols is 4. The fraction of sp³-hybridized carbons (Fsp3) is 0.0400. The summed E-state index contributed by atoms with van der Waals surface area (Å²) >= 11 is 6.47. The van der Waals surface area contributed by atoms with Gasteiger partial charge in [-0.1, -0.05) is 91.0 Å². The van der Waals surface area contributed by atoms with Crippen LogP contribution in [0.3, 0.4) is 0 Å². The van der Waals surface area contributed by atoms with Crippen molar-refractivity contribution in [2.75, 3.05) is 5.34 Å². The first-order valence-corrected chi connectivity index (χ1v) is 32.7. The first-order valence-electron chi connectivity index (χ1n) is 21.9. The molecule has 12 aromatic rings. The van der Waals surface area contributed by atoms with Crippen LogP contribution in [0.5, 0.6) is 23.0 Å². The molecule has 0 unspecified atom stereocenters. The predicted molar refractivity (Wildman–Crippen MR) is 303 cm³/mol. The summed E-state index contributed by atoms with van der Waals surface area (Å²) in [5.74, 6) is 0.261. The maximum atomic E-state index is 11.1. The Kier molecular flexibility index (Phi) is 21.1. The second-order valence-corrected chi connectivity index (χ2v) is 28.0. The third-order valence-electron chi connectivity index (χ3n) is 10.3. The van der Waals surface area contributed by atoms with E-state index in [2.05, 4.69) is 40.8 Å². The first kappa shape index (κ1) is 57.6. The maximum absolute atomic E-state index is 11.1. The van der Waals surface area contributed by atoms with Gasteiger partial charge in [-0.25, -0.2) is 30.1 Å². The molecule has 4 aromatic heterocycles. The summed E-state index contributed by atoms with van der Waals surface area (Å²) in [5.41, 5.74) is 10.1. The normalized spacial score (nSPS) is 10.7. The number of aromatic nitrogens is 12. The zero-order valence-electron chi connectivity index (χ0n) is 39.1. The summed E-state index contributed by atoms with van der Waals surface area (Å²) < 4.78 is 0. The number of fused-ring (bicyclic) bond motifs is 4. The Labute approximate surface area is 477 Å². The van der Waals surface area contributed by atoms with Crippen LogP contribution in [0.25, 0.3) is 78.0 Å². The van der Waals surface area contributed by atoms with Gasteiger partial charge in [-0.05, 0) is 97.4 Å². The van der Waals surface area contributed by atoms with E-state index in [0.29, 0.717) is 33.9 Å². The van der Waals surface area contributed by atoms with Gasteiger partial charge in [-0.15, -0.1) is 83.2 Å². The molecule has 8 aromatic carbocycles. The average molecular weight is 1240 g/mol. The molecule has 4 N–H and O–H groups in total. The number of aryl methyl sites for hydroxylation is 1. The van der Waals surface area contributed by atoms with Gasteiger partial charge in [0.15, 0.2) is 11.5 Å². The summed E-state index contributed by atoms with van der Waals surface area (Å²) in [5, 5.41) is 76.9. The number of para-hydroxylation sites is 4. The van der Waals surface area contributed by atoms with E-state index in [0.717, 1.165) is 49.7 Å². The van der Waals surface area contributed by atoms with Gasteiger partial charge in [0, 0.05) is 11.1 Å². The van der Waals surface area contributed by atoms with E-state index in [4.69, 9.17) is 83.6 Å². The van der Waals surface area contributed by atoms with Gasteiger partial charge < -0.3 is 20.4 Å². The van der Waals surface area contributed by atoms with E-state index in [9.17, 15) is 20.4 Å². The van der Waals surface area contributed by atoms with Gasteiger partial charge in [0.05, 0.1) is 5.34 Å². The fourth-order valence-corrected chi connectivity index (χ4v) is 7.12. The van der Waals surface area contributed by atoms with Gasteiger partial charge >= 0.3 is 52.8 Å². The minimum atomic E-state index is -1.72. The second kappa shape index (κ2) is 27.8. The summed E-state index contributed by atoms with van der Waals surface area (Å²) in [7, 11) is 29.5. The van der Waals surface area contributed by atoms with Crippen LogP contribution in [-0.2, 0) is 11.2 Å². The van der Waals surface area contributed by atoms with E-state index in [1.807, 2.05) is 122 Å². The Bertz CT molecular complexity index is 3580. The van der Waals surface area contributed by atoms with Gasteiger partial charge in [0.25, 0.3) is 0 Å². The molecule has 76 heavy (non-hydrogen) atoms. The Hall–Kier alpha value is -6.07. The number of hydrogen-bond acceptors (Lipinski definition) is 12. The van der Waals surface area contributed by atoms with Crippen molar-refractivity contribution in [1.82, 2.24) is 60.0 Å². The van der Waals surface area contributed by atoms with Crippen molar-refractivity contribution in [3.05, 3.63) is 181 Å². The molecular weight excluding hydrogens is 1200 g/mol. The van der Waals surface area contributed by atoms with Crippen LogP contribution < -0.4 is 0 Å². The standard InChI is InChI=1S/C24H16N6O2.C13H11N3O.C12H9N3O.CH2Cl2.Al.6ClH.Fe/c31-23-15(7-5-13-21(23)29-25-17-9-1-2-10-18(17)26-29)16-8-6-14-22(24(16)32)30-27-19-11-3-4-12-20(19)28-30;1-9-6-7-13(17)12(8-9)16-14-10-4-2-3-5-11(10)15-16;16-12-8-4-3-7-11(12)15-13-9-5-1-2-6-10(9)14-15;2-1-3;;;;;;;;/h1-14,31-32H;2-8,17H,1H3;1-8,16H;1H2;;6*1H;/q;;;;+3;;;;;;;+3/p-6. The predicted octanol–water partition coefficient (Wildman–Crippen LogP) is 14.0. The summed E-state index contributed by atoms with van der Waals surface area (Å²) in [4.78, 5) is 5.70. The molecule has 0 aliphatic heterocycles. The molecule has 0 saturated heterocycles. The van der Waals surface area contributed by atoms with Crippen LogP contribution in [0.15, 0.2) is 176 Å². The van der Waals surface area contributed by atoms with Crippen LogP contribution in [0.2, 0.25) is 0 Å². The molecule has 0 atom stereocenters. The summed E-state index contributed by atoms with van der Waals surface area (Å²) in [6, 6.07) is 53.0. The first-order chi connectivity index (χ1) is 36.6. The third-order valence-corrected chi connectivity index (χ3v) is 10.3. The Morgan fingerprint density at radius 3 is 0.947 bits per heavy atom. The number of halogens is 8. The topological polar surface area (TPSA) is 204 Å². The summed E-state index contributed by atoms with van der Waals surface area (Å²) in [6.07, 6.45) is 0. The van der Waals surface area contributed by atoms with Crippen molar-refractivity contribution in [2.45, 2.75) is 6.92 Å². The van der Waals surface area contributed by atoms with E-state index in [1.54, 1.807) is 60.7 Å². The third kappa shape index (κ3) is 15.1. The van der Waals surface area contributed by atoms with Gasteiger partial charge in [0.2, 0.25) is 0 Å². The van der Waals surface area contributed by atoms with E-state index < -0.39 is 22.6 Å². The number of alkyl halides is 2. The molecule has 0 aliphatic carbocycles. The Morgan fingerprint density at radius 1 is 0.382 bits per heavy atom. The van der Waals surface area contributed by atoms with E-state index in [-0.39, 0.29) is 28.3 Å². The Balaban J connectivity index is 0.000000161. The van der Waals surface area contributed by atoms with Crippen molar-refractivity contribution in [3.63, 3.8) is 0 Å². The van der Waals surface area contributed by atoms with E-state index >= 15 is 0 Å². The zero-order chi connectivity index (χ0) is 54.3. The van der Waals surface area contributed by atoms with Crippen molar-refractivity contribution < 1.29 is 31.6 Å². The number of aromatic hydroxyl groups is 4. The molecule has 389 valence electrons. The van der Waals surface area contributed by atoms with Crippen LogP contribution in [-0.4, -0.2) is 97.1 Å². The number of nitrogens with zero attached hydrogens (tertiary/aromatic N) is 12. The van der Waals surface area contributed by atoms with Crippen LogP contribution >= 0.6 is 83.6 Å². The van der Waals surface area contributed by atoms with Gasteiger partial charge in [-0.2, -0.15) is 0 Å². The summed E-state index contributed by atoms with van der Waals surface area (Å²) in [6.45, 7) is 1.96. The number of benzene rings is 8. The molecule has 16 nitrogen and oxygen atoms in total. The molecule has 12 rings (SSSR count). The molecule has 0 saturated carbocycles. The van der Waals surface area contributed by atoms with Crippen LogP contribution in [0.4, 0.5) is 0 Å². The average Bonchev–Trinajstić information content (AvgIpc) is 4.23. The van der Waals surface area contributed by atoms with Crippen molar-refractivity contribution in [1.29, 1.82) is 0 Å². The van der Waals surface area contributed by atoms with Crippen LogP contribution in [0.1, 0.15) is 5.56 Å². The minimum absolute atomic E-state index is 0.0427. The molecule has 0 amide bonds. The molecule has 0 aliphatic rings. The number of rotatable bonds is 5. The van der Waals surface area contributed by atoms with Crippen molar-refractivity contribution in [3.8, 4) is 56.9 Å². The van der Waals surface area contributed by atoms with Crippen LogP contribution in [0, 0.1) is 6.92 Å². The zero-order valence-corrected chi connectivity index (χ0v) is 47.4. The molecule has 0 fully saturated rings. The van der Waals surface area contributed by atoms with Crippen molar-refractivity contribution >= 4 is 139 Å². The molecule has 0 radical (unpaired) electrons. The SMILES string of the molecule is Cc1ccc(O)c(-n2nc3ccccc3n2)c1.ClCCl.Oc1c(-c2cccc(-n3nc4ccccc4n3)c2O)cccc1-n1nc2ccccc2n1.Oc1ccccc1-n1nc2ccccc2n1.[Cl][Al]([Cl])[Cl].[Cl][Fe]([Cl])[Cl]. The van der Waals surface area contributed by atoms with Gasteiger partial charge in [-0.3, -0.25) is 0 Å². The fourth-order valence-electron chi connectivity index (χ4n) is 7.12. The quantitative estimate of drug-likeness (QED) is 0.0939. The second-order valence-electron chi connectivity index (χ2n) is 15.2. The van der Waals surface area contributed by atoms with Gasteiger partial charge in [0.1, 0.15) is 78.4 Å². The molecule has 0 bridgehead atoms. The molecular formula is C50H38AlCl8FeN12O4. The molecule has 4 heterocycles. The molecule has 0 spiro atoms. The Morgan fingerprint density at radius 2 is 0.632 bits per heavy atom. The monoisotopic (exact) mass is 1230 g/mol. The van der Waals surface area contributed by atoms with E-state index in [1.165, 1.54) is 19.2 Å². The van der Waals surface area contributed by atoms with Crippen molar-refractivity contribution in [2.24, 2.45) is 0 Å². The number of hydrogen-bond donors (Lipinski definition) is 4. The number of phenolic OH excluding ortho intramolecular Hbond substituents is 4. The molecule has 26 heteroatoms.